The third-order valence-corrected chi connectivity index (χ3v) is 3.89. The first-order chi connectivity index (χ1) is 11.9. The van der Waals surface area contributed by atoms with Crippen molar-refractivity contribution in [2.45, 2.75) is 40.2 Å². The van der Waals surface area contributed by atoms with Crippen molar-refractivity contribution in [2.24, 2.45) is 0 Å². The van der Waals surface area contributed by atoms with E-state index in [0.717, 1.165) is 5.56 Å². The maximum atomic E-state index is 12.5. The highest BCUT2D eigenvalue weighted by Gasteiger charge is 2.18. The van der Waals surface area contributed by atoms with Crippen molar-refractivity contribution in [3.05, 3.63) is 53.6 Å². The zero-order valence-corrected chi connectivity index (χ0v) is 15.1. The summed E-state index contributed by atoms with van der Waals surface area (Å²) < 4.78 is 5.84. The first kappa shape index (κ1) is 18.5. The predicted octanol–water partition coefficient (Wildman–Crippen LogP) is 4.06. The van der Waals surface area contributed by atoms with Gasteiger partial charge in [0.25, 0.3) is 5.91 Å². The van der Waals surface area contributed by atoms with Gasteiger partial charge in [0, 0.05) is 18.3 Å². The smallest absolute Gasteiger partial charge is 0.265 e. The lowest BCUT2D eigenvalue weighted by atomic mass is 10.1. The molecule has 0 aliphatic rings. The molecule has 2 amide bonds. The topological polar surface area (TPSA) is 67.4 Å². The van der Waals surface area contributed by atoms with Gasteiger partial charge in [-0.25, -0.2) is 0 Å². The number of aryl methyl sites for hydroxylation is 2. The van der Waals surface area contributed by atoms with Crippen LogP contribution in [0.15, 0.2) is 42.5 Å². The fraction of sp³-hybridized carbons (Fsp3) is 0.300. The minimum absolute atomic E-state index is 0.135. The van der Waals surface area contributed by atoms with Gasteiger partial charge in [-0.05, 0) is 67.8 Å². The Morgan fingerprint density at radius 1 is 0.960 bits per heavy atom. The molecule has 0 radical (unpaired) electrons. The first-order valence-electron chi connectivity index (χ1n) is 8.31. The highest BCUT2D eigenvalue weighted by atomic mass is 16.5. The molecule has 0 unspecified atom stereocenters. The van der Waals surface area contributed by atoms with Gasteiger partial charge in [-0.2, -0.15) is 0 Å². The molecule has 2 aromatic carbocycles. The number of carbonyl (C=O) groups excluding carboxylic acids is 2. The van der Waals surface area contributed by atoms with Crippen molar-refractivity contribution in [1.29, 1.82) is 0 Å². The maximum Gasteiger partial charge on any atom is 0.265 e. The summed E-state index contributed by atoms with van der Waals surface area (Å²) in [5.74, 6) is 0.351. The molecule has 2 aromatic rings. The first-order valence-corrected chi connectivity index (χ1v) is 8.31. The zero-order valence-electron chi connectivity index (χ0n) is 15.1. The van der Waals surface area contributed by atoms with E-state index >= 15 is 0 Å². The van der Waals surface area contributed by atoms with Gasteiger partial charge < -0.3 is 15.4 Å². The molecule has 1 atom stereocenters. The number of nitrogens with one attached hydrogen (secondary N) is 2. The summed E-state index contributed by atoms with van der Waals surface area (Å²) in [4.78, 5) is 23.5. The summed E-state index contributed by atoms with van der Waals surface area (Å²) in [5.41, 5.74) is 3.65. The largest absolute Gasteiger partial charge is 0.481 e. The number of rotatable bonds is 6. The quantitative estimate of drug-likeness (QED) is 0.833. The van der Waals surface area contributed by atoms with Crippen molar-refractivity contribution < 1.29 is 14.3 Å². The third-order valence-electron chi connectivity index (χ3n) is 3.89. The summed E-state index contributed by atoms with van der Waals surface area (Å²) in [7, 11) is 0. The average molecular weight is 340 g/mol. The Balaban J connectivity index is 2.01. The molecule has 2 rings (SSSR count). The predicted molar refractivity (Wildman–Crippen MR) is 100.0 cm³/mol. The van der Waals surface area contributed by atoms with Crippen LogP contribution in [0.5, 0.6) is 5.75 Å². The summed E-state index contributed by atoms with van der Waals surface area (Å²) in [6, 6.07) is 12.8. The van der Waals surface area contributed by atoms with Gasteiger partial charge >= 0.3 is 0 Å². The standard InChI is InChI=1S/C20H24N2O3/c1-5-19(25-18-11-6-13(2)14(3)12-18)20(24)22-17-9-7-16(8-10-17)21-15(4)23/h6-12,19H,5H2,1-4H3,(H,21,23)(H,22,24)/t19-/m0/s1. The second-order valence-corrected chi connectivity index (χ2v) is 6.01. The van der Waals surface area contributed by atoms with Crippen LogP contribution in [0.4, 0.5) is 11.4 Å². The third kappa shape index (κ3) is 5.35. The van der Waals surface area contributed by atoms with Gasteiger partial charge in [-0.15, -0.1) is 0 Å². The van der Waals surface area contributed by atoms with E-state index < -0.39 is 6.10 Å². The van der Waals surface area contributed by atoms with Crippen molar-refractivity contribution in [1.82, 2.24) is 0 Å². The Labute approximate surface area is 148 Å². The molecule has 0 aliphatic carbocycles. The van der Waals surface area contributed by atoms with Crippen molar-refractivity contribution >= 4 is 23.2 Å². The highest BCUT2D eigenvalue weighted by Crippen LogP contribution is 2.20. The minimum Gasteiger partial charge on any atom is -0.481 e. The summed E-state index contributed by atoms with van der Waals surface area (Å²) in [6.07, 6.45) is -0.0138. The van der Waals surface area contributed by atoms with Crippen molar-refractivity contribution in [3.8, 4) is 5.75 Å². The van der Waals surface area contributed by atoms with Gasteiger partial charge in [0.1, 0.15) is 5.75 Å². The lowest BCUT2D eigenvalue weighted by molar-refractivity contribution is -0.122. The van der Waals surface area contributed by atoms with Gasteiger partial charge in [-0.3, -0.25) is 9.59 Å². The van der Waals surface area contributed by atoms with Crippen LogP contribution >= 0.6 is 0 Å². The minimum atomic E-state index is -0.572. The molecule has 0 aromatic heterocycles. The Morgan fingerprint density at radius 3 is 2.08 bits per heavy atom. The van der Waals surface area contributed by atoms with Crippen LogP contribution in [0.3, 0.4) is 0 Å². The summed E-state index contributed by atoms with van der Waals surface area (Å²) in [6.45, 7) is 7.41. The number of anilines is 2. The zero-order chi connectivity index (χ0) is 18.4. The molecule has 0 spiro atoms. The van der Waals surface area contributed by atoms with E-state index in [1.165, 1.54) is 12.5 Å². The number of hydrogen-bond donors (Lipinski definition) is 2. The number of hydrogen-bond acceptors (Lipinski definition) is 3. The molecular formula is C20H24N2O3. The fourth-order valence-electron chi connectivity index (χ4n) is 2.34. The Morgan fingerprint density at radius 2 is 1.56 bits per heavy atom. The molecule has 0 heterocycles. The van der Waals surface area contributed by atoms with Gasteiger partial charge in [0.15, 0.2) is 6.10 Å². The fourth-order valence-corrected chi connectivity index (χ4v) is 2.34. The van der Waals surface area contributed by atoms with Gasteiger partial charge in [0.05, 0.1) is 0 Å². The van der Waals surface area contributed by atoms with Crippen LogP contribution in [-0.2, 0) is 9.59 Å². The number of benzene rings is 2. The molecular weight excluding hydrogens is 316 g/mol. The van der Waals surface area contributed by atoms with Gasteiger partial charge in [-0.1, -0.05) is 13.0 Å². The molecule has 0 saturated carbocycles. The van der Waals surface area contributed by atoms with E-state index in [0.29, 0.717) is 23.5 Å². The second-order valence-electron chi connectivity index (χ2n) is 6.01. The molecule has 132 valence electrons. The van der Waals surface area contributed by atoms with E-state index in [2.05, 4.69) is 10.6 Å². The number of amides is 2. The summed E-state index contributed by atoms with van der Waals surface area (Å²) >= 11 is 0. The normalized spacial score (nSPS) is 11.5. The molecule has 0 saturated heterocycles. The van der Waals surface area contributed by atoms with Crippen LogP contribution in [0.1, 0.15) is 31.4 Å². The SMILES string of the molecule is CC[C@H](Oc1ccc(C)c(C)c1)C(=O)Nc1ccc(NC(C)=O)cc1. The lowest BCUT2D eigenvalue weighted by Crippen LogP contribution is -2.32. The molecule has 5 nitrogen and oxygen atoms in total. The van der Waals surface area contributed by atoms with E-state index in [1.807, 2.05) is 39.0 Å². The van der Waals surface area contributed by atoms with Crippen molar-refractivity contribution in [3.63, 3.8) is 0 Å². The van der Waals surface area contributed by atoms with Crippen molar-refractivity contribution in [2.75, 3.05) is 10.6 Å². The van der Waals surface area contributed by atoms with Crippen LogP contribution in [0.25, 0.3) is 0 Å². The van der Waals surface area contributed by atoms with E-state index in [9.17, 15) is 9.59 Å². The summed E-state index contributed by atoms with van der Waals surface area (Å²) in [5, 5.41) is 5.53. The van der Waals surface area contributed by atoms with Crippen LogP contribution in [0, 0.1) is 13.8 Å². The van der Waals surface area contributed by atoms with E-state index in [-0.39, 0.29) is 11.8 Å². The van der Waals surface area contributed by atoms with Crippen LogP contribution in [-0.4, -0.2) is 17.9 Å². The molecule has 0 fully saturated rings. The number of ether oxygens (including phenoxy) is 1. The Hall–Kier alpha value is -2.82. The van der Waals surface area contributed by atoms with Crippen LogP contribution in [0.2, 0.25) is 0 Å². The molecule has 2 N–H and O–H groups in total. The molecule has 5 heteroatoms. The highest BCUT2D eigenvalue weighted by molar-refractivity contribution is 5.95. The lowest BCUT2D eigenvalue weighted by Gasteiger charge is -2.18. The molecule has 0 bridgehead atoms. The maximum absolute atomic E-state index is 12.5. The average Bonchev–Trinajstić information content (AvgIpc) is 2.57. The van der Waals surface area contributed by atoms with E-state index in [1.54, 1.807) is 24.3 Å². The Kier molecular flexibility index (Phi) is 6.17. The second kappa shape index (κ2) is 8.33. The van der Waals surface area contributed by atoms with Crippen LogP contribution < -0.4 is 15.4 Å². The Bertz CT molecular complexity index is 754. The molecule has 0 aliphatic heterocycles. The monoisotopic (exact) mass is 340 g/mol. The molecule has 25 heavy (non-hydrogen) atoms. The van der Waals surface area contributed by atoms with Gasteiger partial charge in [0.2, 0.25) is 5.91 Å². The number of carbonyl (C=O) groups is 2. The van der Waals surface area contributed by atoms with E-state index in [4.69, 9.17) is 4.74 Å².